The fourth-order valence-corrected chi connectivity index (χ4v) is 3.40. The van der Waals surface area contributed by atoms with Crippen molar-refractivity contribution in [1.82, 2.24) is 0 Å². The number of benzene rings is 1. The zero-order chi connectivity index (χ0) is 19.0. The molecule has 1 saturated heterocycles. The molecule has 1 atom stereocenters. The predicted octanol–water partition coefficient (Wildman–Crippen LogP) is -0.456. The molecule has 3 N–H and O–H groups in total. The number of ether oxygens (including phenoxy) is 2. The normalized spacial score (nSPS) is 22.2. The Bertz CT molecular complexity index is 505. The van der Waals surface area contributed by atoms with Crippen molar-refractivity contribution in [3.8, 4) is 5.75 Å². The van der Waals surface area contributed by atoms with E-state index in [2.05, 4.69) is 39.8 Å². The Balaban J connectivity index is 1.56. The molecule has 26 heavy (non-hydrogen) atoms. The highest BCUT2D eigenvalue weighted by Gasteiger charge is 2.23. The first kappa shape index (κ1) is 21.2. The number of hydrogen-bond acceptors (Lipinski definition) is 3. The van der Waals surface area contributed by atoms with Crippen LogP contribution in [0.5, 0.6) is 5.75 Å². The maximum absolute atomic E-state index is 10.2. The van der Waals surface area contributed by atoms with Crippen LogP contribution in [0.3, 0.4) is 0 Å². The Morgan fingerprint density at radius 1 is 1.00 bits per heavy atom. The summed E-state index contributed by atoms with van der Waals surface area (Å²) in [6.45, 7) is 16.9. The van der Waals surface area contributed by atoms with Crippen LogP contribution in [0.1, 0.15) is 33.3 Å². The van der Waals surface area contributed by atoms with Crippen LogP contribution in [0.4, 0.5) is 0 Å². The van der Waals surface area contributed by atoms with Crippen LogP contribution in [-0.2, 0) is 10.2 Å². The minimum Gasteiger partial charge on any atom is -0.491 e. The smallest absolute Gasteiger partial charge is 0.127 e. The topological polar surface area (TPSA) is 47.6 Å². The van der Waals surface area contributed by atoms with E-state index < -0.39 is 0 Å². The van der Waals surface area contributed by atoms with Gasteiger partial charge in [0.15, 0.2) is 0 Å². The van der Waals surface area contributed by atoms with Gasteiger partial charge in [-0.2, -0.15) is 0 Å². The van der Waals surface area contributed by atoms with E-state index in [0.717, 1.165) is 25.4 Å². The summed E-state index contributed by atoms with van der Waals surface area (Å²) >= 11 is 0. The van der Waals surface area contributed by atoms with Crippen LogP contribution in [0.2, 0.25) is 0 Å². The summed E-state index contributed by atoms with van der Waals surface area (Å²) in [5, 5.41) is 10.2. The largest absolute Gasteiger partial charge is 0.491 e. The number of hydrogen-bond donors (Lipinski definition) is 3. The van der Waals surface area contributed by atoms with Crippen LogP contribution in [-0.4, -0.2) is 70.3 Å². The third kappa shape index (κ3) is 7.23. The first-order valence-corrected chi connectivity index (χ1v) is 10.0. The Kier molecular flexibility index (Phi) is 8.35. The van der Waals surface area contributed by atoms with Crippen molar-refractivity contribution in [2.75, 3.05) is 59.1 Å². The van der Waals surface area contributed by atoms with Crippen LogP contribution in [0.15, 0.2) is 24.3 Å². The van der Waals surface area contributed by atoms with Gasteiger partial charge in [0, 0.05) is 0 Å². The standard InChI is InChI=1S/C21H36N2O3/c1-5-22-10-12-23(13-11-22)16-19(24)17-25-14-15-26-20-8-6-18(7-9-20)21(2,3)4/h6-9,19,24H,5,10-17H2,1-4H3/p+2/t19-/m1/s1. The molecule has 5 nitrogen and oxygen atoms in total. The molecule has 0 spiro atoms. The second-order valence-corrected chi connectivity index (χ2v) is 8.41. The molecule has 148 valence electrons. The highest BCUT2D eigenvalue weighted by molar-refractivity contribution is 5.31. The maximum Gasteiger partial charge on any atom is 0.127 e. The van der Waals surface area contributed by atoms with Gasteiger partial charge in [0.25, 0.3) is 0 Å². The van der Waals surface area contributed by atoms with Crippen molar-refractivity contribution < 1.29 is 24.4 Å². The number of aliphatic hydroxyl groups excluding tert-OH is 1. The van der Waals surface area contributed by atoms with Gasteiger partial charge in [0.2, 0.25) is 0 Å². The fraction of sp³-hybridized carbons (Fsp3) is 0.714. The molecule has 5 heteroatoms. The van der Waals surface area contributed by atoms with Crippen molar-refractivity contribution in [1.29, 1.82) is 0 Å². The summed E-state index contributed by atoms with van der Waals surface area (Å²) in [5.74, 6) is 0.864. The van der Waals surface area contributed by atoms with Gasteiger partial charge in [0.1, 0.15) is 51.2 Å². The highest BCUT2D eigenvalue weighted by Crippen LogP contribution is 2.24. The lowest BCUT2D eigenvalue weighted by molar-refractivity contribution is -1.01. The predicted molar refractivity (Wildman–Crippen MR) is 104 cm³/mol. The molecular formula is C21H38N2O3+2. The number of rotatable bonds is 9. The third-order valence-corrected chi connectivity index (χ3v) is 5.22. The van der Waals surface area contributed by atoms with E-state index in [1.807, 2.05) is 12.1 Å². The van der Waals surface area contributed by atoms with E-state index in [-0.39, 0.29) is 11.5 Å². The first-order valence-electron chi connectivity index (χ1n) is 10.0. The molecule has 0 amide bonds. The van der Waals surface area contributed by atoms with Crippen molar-refractivity contribution in [2.45, 2.75) is 39.2 Å². The molecule has 0 saturated carbocycles. The van der Waals surface area contributed by atoms with E-state index in [1.165, 1.54) is 30.1 Å². The van der Waals surface area contributed by atoms with Crippen molar-refractivity contribution in [3.05, 3.63) is 29.8 Å². The summed E-state index contributed by atoms with van der Waals surface area (Å²) in [6, 6.07) is 8.25. The van der Waals surface area contributed by atoms with Crippen molar-refractivity contribution in [3.63, 3.8) is 0 Å². The summed E-state index contributed by atoms with van der Waals surface area (Å²) in [5.41, 5.74) is 1.46. The fourth-order valence-electron chi connectivity index (χ4n) is 3.40. The molecule has 0 radical (unpaired) electrons. The van der Waals surface area contributed by atoms with Gasteiger partial charge in [-0.25, -0.2) is 0 Å². The molecule has 1 aliphatic heterocycles. The molecule has 1 fully saturated rings. The summed E-state index contributed by atoms with van der Waals surface area (Å²) in [7, 11) is 0. The van der Waals surface area contributed by atoms with Crippen LogP contribution >= 0.6 is 0 Å². The van der Waals surface area contributed by atoms with Crippen LogP contribution < -0.4 is 14.5 Å². The van der Waals surface area contributed by atoms with Gasteiger partial charge in [0.05, 0.1) is 19.8 Å². The second kappa shape index (κ2) is 10.3. The Morgan fingerprint density at radius 3 is 2.19 bits per heavy atom. The van der Waals surface area contributed by atoms with Gasteiger partial charge in [-0.1, -0.05) is 32.9 Å². The van der Waals surface area contributed by atoms with Crippen molar-refractivity contribution >= 4 is 0 Å². The molecule has 0 unspecified atom stereocenters. The van der Waals surface area contributed by atoms with E-state index in [1.54, 1.807) is 4.90 Å². The number of quaternary nitrogens is 2. The third-order valence-electron chi connectivity index (χ3n) is 5.22. The Hall–Kier alpha value is -1.14. The lowest BCUT2D eigenvalue weighted by Crippen LogP contribution is -3.28. The van der Waals surface area contributed by atoms with Gasteiger partial charge in [-0.15, -0.1) is 0 Å². The maximum atomic E-state index is 10.2. The lowest BCUT2D eigenvalue weighted by atomic mass is 9.87. The number of likely N-dealkylation sites (N-methyl/N-ethyl adjacent to an activating group) is 1. The van der Waals surface area contributed by atoms with Crippen molar-refractivity contribution in [2.24, 2.45) is 0 Å². The molecule has 1 heterocycles. The average Bonchev–Trinajstić information content (AvgIpc) is 2.62. The molecule has 1 aromatic rings. The molecule has 2 rings (SSSR count). The van der Waals surface area contributed by atoms with Gasteiger partial charge in [-0.05, 0) is 30.0 Å². The van der Waals surface area contributed by atoms with Crippen LogP contribution in [0, 0.1) is 0 Å². The summed E-state index contributed by atoms with van der Waals surface area (Å²) < 4.78 is 11.3. The minimum absolute atomic E-state index is 0.157. The van der Waals surface area contributed by atoms with Gasteiger partial charge in [-0.3, -0.25) is 0 Å². The van der Waals surface area contributed by atoms with E-state index in [4.69, 9.17) is 9.47 Å². The zero-order valence-electron chi connectivity index (χ0n) is 17.0. The number of nitrogens with one attached hydrogen (secondary N) is 2. The quantitative estimate of drug-likeness (QED) is 0.519. The van der Waals surface area contributed by atoms with E-state index in [9.17, 15) is 5.11 Å². The minimum atomic E-state index is -0.390. The van der Waals surface area contributed by atoms with Gasteiger partial charge < -0.3 is 24.4 Å². The monoisotopic (exact) mass is 366 g/mol. The lowest BCUT2D eigenvalue weighted by Gasteiger charge is -2.30. The SMILES string of the molecule is CC[NH+]1CC[NH+](C[C@@H](O)COCCOc2ccc(C(C)(C)C)cc2)CC1. The molecule has 1 aliphatic rings. The highest BCUT2D eigenvalue weighted by atomic mass is 16.5. The van der Waals surface area contributed by atoms with E-state index in [0.29, 0.717) is 19.8 Å². The average molecular weight is 367 g/mol. The second-order valence-electron chi connectivity index (χ2n) is 8.41. The molecule has 1 aromatic carbocycles. The van der Waals surface area contributed by atoms with E-state index >= 15 is 0 Å². The Labute approximate surface area is 158 Å². The first-order chi connectivity index (χ1) is 12.4. The Morgan fingerprint density at radius 2 is 1.62 bits per heavy atom. The number of aliphatic hydroxyl groups is 1. The molecule has 0 aliphatic carbocycles. The van der Waals surface area contributed by atoms with Crippen LogP contribution in [0.25, 0.3) is 0 Å². The summed E-state index contributed by atoms with van der Waals surface area (Å²) in [4.78, 5) is 3.17. The van der Waals surface area contributed by atoms with Gasteiger partial charge >= 0.3 is 0 Å². The number of piperazine rings is 1. The zero-order valence-corrected chi connectivity index (χ0v) is 17.0. The molecule has 0 aromatic heterocycles. The molecule has 0 bridgehead atoms. The molecular weight excluding hydrogens is 328 g/mol. The summed E-state index contributed by atoms with van der Waals surface area (Å²) in [6.07, 6.45) is -0.390.